The smallest absolute Gasteiger partial charge is 0.155 e. The van der Waals surface area contributed by atoms with Crippen molar-refractivity contribution < 1.29 is 4.74 Å². The minimum absolute atomic E-state index is 0.670. The minimum Gasteiger partial charge on any atom is -0.491 e. The number of ether oxygens (including phenoxy) is 1. The molecule has 0 spiro atoms. The molecule has 8 nitrogen and oxygen atoms in total. The number of pyridine rings is 3. The molecule has 32 heavy (non-hydrogen) atoms. The van der Waals surface area contributed by atoms with Gasteiger partial charge in [-0.1, -0.05) is 0 Å². The van der Waals surface area contributed by atoms with Gasteiger partial charge in [0.25, 0.3) is 0 Å². The molecule has 0 radical (unpaired) electrons. The summed E-state index contributed by atoms with van der Waals surface area (Å²) in [7, 11) is 0. The second-order valence-corrected chi connectivity index (χ2v) is 8.14. The van der Waals surface area contributed by atoms with Gasteiger partial charge in [-0.25, -0.2) is 4.98 Å². The van der Waals surface area contributed by atoms with Crippen LogP contribution in [0.1, 0.15) is 12.8 Å². The number of likely N-dealkylation sites (tertiary alicyclic amines) is 1. The summed E-state index contributed by atoms with van der Waals surface area (Å²) in [6.07, 6.45) is 11.6. The zero-order chi connectivity index (χ0) is 21.3. The van der Waals surface area contributed by atoms with Gasteiger partial charge in [-0.15, -0.1) is 0 Å². The molecule has 5 aromatic rings. The van der Waals surface area contributed by atoms with Crippen LogP contribution in [0.5, 0.6) is 5.75 Å². The zero-order valence-corrected chi connectivity index (χ0v) is 17.6. The monoisotopic (exact) mass is 425 g/mol. The number of hydrogen-bond acceptors (Lipinski definition) is 6. The number of H-pyrrole nitrogens is 2. The van der Waals surface area contributed by atoms with Crippen molar-refractivity contribution in [1.82, 2.24) is 35.0 Å². The van der Waals surface area contributed by atoms with Crippen LogP contribution < -0.4 is 4.74 Å². The maximum absolute atomic E-state index is 5.98. The van der Waals surface area contributed by atoms with Gasteiger partial charge in [-0.2, -0.15) is 5.10 Å². The van der Waals surface area contributed by atoms with Gasteiger partial charge in [0, 0.05) is 58.7 Å². The van der Waals surface area contributed by atoms with Crippen molar-refractivity contribution in [2.75, 3.05) is 26.2 Å². The highest BCUT2D eigenvalue weighted by atomic mass is 16.5. The van der Waals surface area contributed by atoms with Crippen LogP contribution in [0.25, 0.3) is 44.5 Å². The van der Waals surface area contributed by atoms with Crippen LogP contribution in [0.3, 0.4) is 0 Å². The third-order valence-corrected chi connectivity index (χ3v) is 6.01. The van der Waals surface area contributed by atoms with Crippen molar-refractivity contribution >= 4 is 21.9 Å². The Bertz CT molecular complexity index is 1350. The Morgan fingerprint density at radius 1 is 0.969 bits per heavy atom. The fourth-order valence-electron chi connectivity index (χ4n) is 4.32. The van der Waals surface area contributed by atoms with E-state index >= 15 is 0 Å². The summed E-state index contributed by atoms with van der Waals surface area (Å²) in [4.78, 5) is 19.0. The molecule has 2 N–H and O–H groups in total. The van der Waals surface area contributed by atoms with Crippen LogP contribution in [0, 0.1) is 0 Å². The molecule has 0 aromatic carbocycles. The molecule has 1 aliphatic heterocycles. The standard InChI is InChI=1S/C24H23N7O/c1-2-6-31(5-1)7-8-32-19-9-16(12-26-15-19)17-10-20-23(29-30-24(20)27-14-17)22-11-18-13-25-4-3-21(18)28-22/h3-4,9-15,28H,1-2,5-8H2,(H,27,29,30). The van der Waals surface area contributed by atoms with E-state index in [0.29, 0.717) is 6.61 Å². The lowest BCUT2D eigenvalue weighted by Gasteiger charge is -2.15. The molecule has 1 aliphatic rings. The van der Waals surface area contributed by atoms with Crippen LogP contribution in [0.2, 0.25) is 0 Å². The molecule has 5 aromatic heterocycles. The van der Waals surface area contributed by atoms with Gasteiger partial charge < -0.3 is 9.72 Å². The lowest BCUT2D eigenvalue weighted by Crippen LogP contribution is -2.25. The second kappa shape index (κ2) is 8.05. The molecule has 0 saturated carbocycles. The molecule has 0 bridgehead atoms. The summed E-state index contributed by atoms with van der Waals surface area (Å²) in [5, 5.41) is 9.53. The van der Waals surface area contributed by atoms with E-state index in [1.165, 1.54) is 25.9 Å². The Labute approximate surface area is 184 Å². The Morgan fingerprint density at radius 3 is 2.78 bits per heavy atom. The van der Waals surface area contributed by atoms with Crippen LogP contribution in [0.4, 0.5) is 0 Å². The highest BCUT2D eigenvalue weighted by Crippen LogP contribution is 2.31. The zero-order valence-electron chi connectivity index (χ0n) is 17.6. The summed E-state index contributed by atoms with van der Waals surface area (Å²) in [5.74, 6) is 0.775. The molecule has 6 rings (SSSR count). The highest BCUT2D eigenvalue weighted by molar-refractivity contribution is 5.95. The average molecular weight is 425 g/mol. The summed E-state index contributed by atoms with van der Waals surface area (Å²) in [5.41, 5.74) is 5.46. The predicted molar refractivity (Wildman–Crippen MR) is 123 cm³/mol. The first-order valence-corrected chi connectivity index (χ1v) is 10.9. The highest BCUT2D eigenvalue weighted by Gasteiger charge is 2.14. The van der Waals surface area contributed by atoms with Crippen molar-refractivity contribution in [2.24, 2.45) is 0 Å². The largest absolute Gasteiger partial charge is 0.491 e. The summed E-state index contributed by atoms with van der Waals surface area (Å²) in [6, 6.07) is 8.13. The van der Waals surface area contributed by atoms with Crippen molar-refractivity contribution in [1.29, 1.82) is 0 Å². The number of nitrogens with one attached hydrogen (secondary N) is 2. The third-order valence-electron chi connectivity index (χ3n) is 6.01. The van der Waals surface area contributed by atoms with E-state index in [0.717, 1.165) is 56.7 Å². The lowest BCUT2D eigenvalue weighted by molar-refractivity contribution is 0.237. The van der Waals surface area contributed by atoms with Crippen molar-refractivity contribution in [3.8, 4) is 28.3 Å². The average Bonchev–Trinajstić information content (AvgIpc) is 3.58. The quantitative estimate of drug-likeness (QED) is 0.426. The fraction of sp³-hybridized carbons (Fsp3) is 0.250. The number of nitrogens with zero attached hydrogens (tertiary/aromatic N) is 5. The van der Waals surface area contributed by atoms with E-state index < -0.39 is 0 Å². The predicted octanol–water partition coefficient (Wildman–Crippen LogP) is 4.04. The molecule has 0 amide bonds. The lowest BCUT2D eigenvalue weighted by atomic mass is 10.1. The van der Waals surface area contributed by atoms with Gasteiger partial charge in [0.15, 0.2) is 5.65 Å². The van der Waals surface area contributed by atoms with E-state index in [4.69, 9.17) is 4.74 Å². The van der Waals surface area contributed by atoms with Gasteiger partial charge in [0.1, 0.15) is 18.1 Å². The van der Waals surface area contributed by atoms with E-state index in [9.17, 15) is 0 Å². The summed E-state index contributed by atoms with van der Waals surface area (Å²) in [6.45, 7) is 3.97. The van der Waals surface area contributed by atoms with Gasteiger partial charge in [0.2, 0.25) is 0 Å². The van der Waals surface area contributed by atoms with E-state index in [1.54, 1.807) is 12.4 Å². The normalized spacial score (nSPS) is 14.5. The molecule has 0 atom stereocenters. The van der Waals surface area contributed by atoms with Crippen molar-refractivity contribution in [2.45, 2.75) is 12.8 Å². The van der Waals surface area contributed by atoms with Crippen LogP contribution in [0.15, 0.2) is 55.2 Å². The first-order valence-electron chi connectivity index (χ1n) is 10.9. The van der Waals surface area contributed by atoms with Crippen LogP contribution >= 0.6 is 0 Å². The summed E-state index contributed by atoms with van der Waals surface area (Å²) < 4.78 is 5.98. The molecular weight excluding hydrogens is 402 g/mol. The molecule has 0 unspecified atom stereocenters. The van der Waals surface area contributed by atoms with E-state index in [1.807, 2.05) is 30.7 Å². The van der Waals surface area contributed by atoms with E-state index in [-0.39, 0.29) is 0 Å². The van der Waals surface area contributed by atoms with Gasteiger partial charge in [0.05, 0.1) is 11.9 Å². The number of aromatic nitrogens is 6. The Hall–Kier alpha value is -3.78. The van der Waals surface area contributed by atoms with Crippen LogP contribution in [-0.4, -0.2) is 61.3 Å². The van der Waals surface area contributed by atoms with Gasteiger partial charge in [-0.05, 0) is 50.2 Å². The first kappa shape index (κ1) is 18.9. The Balaban J connectivity index is 1.28. The maximum atomic E-state index is 5.98. The fourth-order valence-corrected chi connectivity index (χ4v) is 4.32. The summed E-state index contributed by atoms with van der Waals surface area (Å²) >= 11 is 0. The number of hydrogen-bond donors (Lipinski definition) is 2. The molecular formula is C24H23N7O. The van der Waals surface area contributed by atoms with Crippen molar-refractivity contribution in [3.05, 3.63) is 55.2 Å². The molecule has 0 aliphatic carbocycles. The Kier molecular flexibility index (Phi) is 4.77. The molecule has 6 heterocycles. The molecule has 1 fully saturated rings. The number of fused-ring (bicyclic) bond motifs is 2. The van der Waals surface area contributed by atoms with Crippen molar-refractivity contribution in [3.63, 3.8) is 0 Å². The molecule has 1 saturated heterocycles. The van der Waals surface area contributed by atoms with Crippen LogP contribution in [-0.2, 0) is 0 Å². The molecule has 8 heteroatoms. The van der Waals surface area contributed by atoms with Gasteiger partial charge >= 0.3 is 0 Å². The number of rotatable bonds is 6. The second-order valence-electron chi connectivity index (χ2n) is 8.14. The third kappa shape index (κ3) is 3.58. The number of aromatic amines is 2. The maximum Gasteiger partial charge on any atom is 0.155 e. The van der Waals surface area contributed by atoms with E-state index in [2.05, 4.69) is 47.2 Å². The SMILES string of the molecule is c1cc2[nH]c(-c3n[nH]c4ncc(-c5cncc(OCCN6CCCC6)c5)cc34)cc2cn1. The first-order chi connectivity index (χ1) is 15.8. The minimum atomic E-state index is 0.670. The van der Waals surface area contributed by atoms with Gasteiger partial charge in [-0.3, -0.25) is 20.0 Å². The topological polar surface area (TPSA) is 95.6 Å². The molecule has 160 valence electrons. The Morgan fingerprint density at radius 2 is 1.88 bits per heavy atom.